The molecule has 1 aromatic rings. The van der Waals surface area contributed by atoms with Crippen LogP contribution < -0.4 is 5.73 Å². The number of hydrogen-bond acceptors (Lipinski definition) is 3. The monoisotopic (exact) mass is 457 g/mol. The number of aliphatic carboxylic acids is 2. The molecule has 0 heterocycles. The number of carbonyl (C=O) groups is 2. The molecule has 1 fully saturated rings. The lowest BCUT2D eigenvalue weighted by Crippen LogP contribution is -2.49. The number of hydrogen-bond donors (Lipinski definition) is 3. The van der Waals surface area contributed by atoms with Crippen molar-refractivity contribution in [3.63, 3.8) is 0 Å². The Bertz CT molecular complexity index is 830. The number of carboxylic acid groups (broad SMARTS) is 2. The van der Waals surface area contributed by atoms with Gasteiger partial charge < -0.3 is 15.9 Å². The average molecular weight is 458 g/mol. The highest BCUT2D eigenvalue weighted by molar-refractivity contribution is 5.89. The van der Waals surface area contributed by atoms with Crippen LogP contribution in [0.5, 0.6) is 0 Å². The van der Waals surface area contributed by atoms with Gasteiger partial charge in [0.1, 0.15) is 0 Å². The van der Waals surface area contributed by atoms with Crippen molar-refractivity contribution >= 4 is 11.9 Å². The van der Waals surface area contributed by atoms with Gasteiger partial charge in [0, 0.05) is 12.2 Å². The standard InChI is InChI=1S/C24H39N.C4H4O4/c1-18(2)19-9-11-21-20(17-19)10-12-22-23(3,13-6-5-7-16-25)14-8-15-24(21,22)4;5-3(6)1-2-4(7)8/h9,11,17-18,22H,5-8,10,12-16,25H2,1-4H3;1-2H,(H,5,6)(H,7,8)/b;2-1+/t22?,23-,24+;/m0./s1. The number of unbranched alkanes of at least 4 members (excludes halogenated alkanes) is 2. The molecule has 0 aromatic heterocycles. The van der Waals surface area contributed by atoms with Crippen molar-refractivity contribution in [2.45, 2.75) is 96.8 Å². The largest absolute Gasteiger partial charge is 0.478 e. The third kappa shape index (κ3) is 6.92. The minimum atomic E-state index is -1.26. The molecule has 2 aliphatic carbocycles. The molecule has 0 spiro atoms. The van der Waals surface area contributed by atoms with E-state index in [0.717, 1.165) is 12.5 Å². The van der Waals surface area contributed by atoms with Crippen LogP contribution in [0.1, 0.15) is 102 Å². The van der Waals surface area contributed by atoms with E-state index in [1.807, 2.05) is 0 Å². The van der Waals surface area contributed by atoms with Gasteiger partial charge in [-0.15, -0.1) is 0 Å². The van der Waals surface area contributed by atoms with Crippen molar-refractivity contribution in [2.75, 3.05) is 6.54 Å². The smallest absolute Gasteiger partial charge is 0.328 e. The van der Waals surface area contributed by atoms with Gasteiger partial charge in [-0.25, -0.2) is 9.59 Å². The summed E-state index contributed by atoms with van der Waals surface area (Å²) in [6.45, 7) is 10.7. The van der Waals surface area contributed by atoms with Crippen molar-refractivity contribution in [2.24, 2.45) is 17.1 Å². The van der Waals surface area contributed by atoms with Crippen molar-refractivity contribution in [1.29, 1.82) is 0 Å². The predicted octanol–water partition coefficient (Wildman–Crippen LogP) is 6.05. The number of benzene rings is 1. The lowest BCUT2D eigenvalue weighted by molar-refractivity contribution is -0.134. The van der Waals surface area contributed by atoms with Crippen LogP contribution in [-0.4, -0.2) is 28.7 Å². The van der Waals surface area contributed by atoms with E-state index in [2.05, 4.69) is 45.9 Å². The zero-order chi connectivity index (χ0) is 24.6. The normalized spacial score (nSPS) is 26.3. The number of fused-ring (bicyclic) bond motifs is 3. The fourth-order valence-corrected chi connectivity index (χ4v) is 6.29. The first kappa shape index (κ1) is 27.1. The predicted molar refractivity (Wildman–Crippen MR) is 134 cm³/mol. The van der Waals surface area contributed by atoms with Crippen LogP contribution in [0.25, 0.3) is 0 Å². The maximum absolute atomic E-state index is 9.55. The third-order valence-electron chi connectivity index (χ3n) is 7.99. The van der Waals surface area contributed by atoms with Gasteiger partial charge in [-0.05, 0) is 84.4 Å². The van der Waals surface area contributed by atoms with Gasteiger partial charge in [-0.2, -0.15) is 0 Å². The molecular weight excluding hydrogens is 414 g/mol. The first-order chi connectivity index (χ1) is 15.5. The van der Waals surface area contributed by atoms with E-state index in [-0.39, 0.29) is 0 Å². The van der Waals surface area contributed by atoms with Crippen molar-refractivity contribution in [1.82, 2.24) is 0 Å². The molecule has 1 saturated carbocycles. The Morgan fingerprint density at radius 3 is 2.33 bits per heavy atom. The zero-order valence-corrected chi connectivity index (χ0v) is 20.9. The van der Waals surface area contributed by atoms with Gasteiger partial charge in [0.05, 0.1) is 0 Å². The highest BCUT2D eigenvalue weighted by Crippen LogP contribution is 2.58. The Labute approximate surface area is 199 Å². The van der Waals surface area contributed by atoms with Crippen molar-refractivity contribution in [3.8, 4) is 0 Å². The molecule has 2 aliphatic rings. The molecular formula is C28H43NO4. The molecule has 0 saturated heterocycles. The molecule has 4 N–H and O–H groups in total. The van der Waals surface area contributed by atoms with Gasteiger partial charge in [0.15, 0.2) is 0 Å². The molecule has 0 bridgehead atoms. The zero-order valence-electron chi connectivity index (χ0n) is 20.9. The molecule has 5 heteroatoms. The summed E-state index contributed by atoms with van der Waals surface area (Å²) >= 11 is 0. The van der Waals surface area contributed by atoms with Crippen LogP contribution in [0.15, 0.2) is 30.4 Å². The van der Waals surface area contributed by atoms with E-state index in [1.54, 1.807) is 11.1 Å². The molecule has 1 unspecified atom stereocenters. The van der Waals surface area contributed by atoms with E-state index < -0.39 is 11.9 Å². The van der Waals surface area contributed by atoms with E-state index in [9.17, 15) is 9.59 Å². The minimum Gasteiger partial charge on any atom is -0.478 e. The van der Waals surface area contributed by atoms with Crippen LogP contribution >= 0.6 is 0 Å². The lowest BCUT2D eigenvalue weighted by Gasteiger charge is -2.56. The fourth-order valence-electron chi connectivity index (χ4n) is 6.29. The highest BCUT2D eigenvalue weighted by atomic mass is 16.4. The van der Waals surface area contributed by atoms with Crippen LogP contribution in [0, 0.1) is 11.3 Å². The second-order valence-electron chi connectivity index (χ2n) is 10.7. The second kappa shape index (κ2) is 11.8. The fraction of sp³-hybridized carbons (Fsp3) is 0.643. The summed E-state index contributed by atoms with van der Waals surface area (Å²) in [6, 6.07) is 7.43. The molecule has 3 rings (SSSR count). The first-order valence-electron chi connectivity index (χ1n) is 12.5. The van der Waals surface area contributed by atoms with Crippen molar-refractivity contribution < 1.29 is 19.8 Å². The third-order valence-corrected chi connectivity index (χ3v) is 7.99. The molecule has 3 atom stereocenters. The molecule has 1 aromatic carbocycles. The molecule has 184 valence electrons. The Morgan fingerprint density at radius 1 is 1.09 bits per heavy atom. The van der Waals surface area contributed by atoms with Gasteiger partial charge in [0.2, 0.25) is 0 Å². The van der Waals surface area contributed by atoms with Crippen LogP contribution in [0.4, 0.5) is 0 Å². The van der Waals surface area contributed by atoms with Gasteiger partial charge >= 0.3 is 11.9 Å². The number of rotatable bonds is 8. The molecule has 0 amide bonds. The summed E-state index contributed by atoms with van der Waals surface area (Å²) in [7, 11) is 0. The summed E-state index contributed by atoms with van der Waals surface area (Å²) in [4.78, 5) is 19.1. The van der Waals surface area contributed by atoms with Crippen molar-refractivity contribution in [3.05, 3.63) is 47.0 Å². The number of nitrogens with two attached hydrogens (primary N) is 1. The lowest BCUT2D eigenvalue weighted by atomic mass is 9.49. The maximum atomic E-state index is 9.55. The number of aryl methyl sites for hydroxylation is 1. The summed E-state index contributed by atoms with van der Waals surface area (Å²) in [5.74, 6) is -1.03. The Hall–Kier alpha value is -2.14. The highest BCUT2D eigenvalue weighted by Gasteiger charge is 2.51. The molecule has 33 heavy (non-hydrogen) atoms. The molecule has 0 aliphatic heterocycles. The van der Waals surface area contributed by atoms with Gasteiger partial charge in [-0.1, -0.05) is 65.2 Å². The Kier molecular flexibility index (Phi) is 9.71. The molecule has 5 nitrogen and oxygen atoms in total. The van der Waals surface area contributed by atoms with E-state index in [4.69, 9.17) is 15.9 Å². The van der Waals surface area contributed by atoms with E-state index >= 15 is 0 Å². The number of carboxylic acids is 2. The topological polar surface area (TPSA) is 101 Å². The SMILES string of the molecule is CC(C)c1ccc2c(c1)CCC1[C@@](C)(CCCCCN)CCC[C@]21C.O=C(O)/C=C/C(=O)O. The summed E-state index contributed by atoms with van der Waals surface area (Å²) in [5.41, 5.74) is 11.5. The van der Waals surface area contributed by atoms with E-state index in [1.165, 1.54) is 63.4 Å². The van der Waals surface area contributed by atoms with Crippen LogP contribution in [-0.2, 0) is 21.4 Å². The first-order valence-corrected chi connectivity index (χ1v) is 12.5. The van der Waals surface area contributed by atoms with E-state index in [0.29, 0.717) is 28.9 Å². The second-order valence-corrected chi connectivity index (χ2v) is 10.7. The van der Waals surface area contributed by atoms with Crippen LogP contribution in [0.2, 0.25) is 0 Å². The molecule has 0 radical (unpaired) electrons. The minimum absolute atomic E-state index is 0.393. The average Bonchev–Trinajstić information content (AvgIpc) is 2.75. The summed E-state index contributed by atoms with van der Waals surface area (Å²) in [6.07, 6.45) is 13.2. The Morgan fingerprint density at radius 2 is 1.76 bits per heavy atom. The van der Waals surface area contributed by atoms with Crippen LogP contribution in [0.3, 0.4) is 0 Å². The van der Waals surface area contributed by atoms with Gasteiger partial charge in [0.25, 0.3) is 0 Å². The van der Waals surface area contributed by atoms with Gasteiger partial charge in [-0.3, -0.25) is 0 Å². The summed E-state index contributed by atoms with van der Waals surface area (Å²) < 4.78 is 0. The summed E-state index contributed by atoms with van der Waals surface area (Å²) in [5, 5.41) is 15.6. The quantitative estimate of drug-likeness (QED) is 0.326. The maximum Gasteiger partial charge on any atom is 0.328 e. The Balaban J connectivity index is 0.000000414.